The molecule has 0 aromatic carbocycles. The largest absolute Gasteiger partial charge is 0.494 e. The molecule has 7 heteroatoms. The van der Waals surface area contributed by atoms with Gasteiger partial charge in [-0.2, -0.15) is 0 Å². The molecule has 2 heterocycles. The number of carbonyl (C=O) groups excluding carboxylic acids is 1. The van der Waals surface area contributed by atoms with Crippen LogP contribution in [0, 0.1) is 0 Å². The number of aromatic nitrogens is 1. The van der Waals surface area contributed by atoms with Crippen molar-refractivity contribution in [1.29, 1.82) is 0 Å². The van der Waals surface area contributed by atoms with Crippen molar-refractivity contribution in [1.82, 2.24) is 4.98 Å². The summed E-state index contributed by atoms with van der Waals surface area (Å²) in [5.74, 6) is -1.20. The lowest BCUT2D eigenvalue weighted by Gasteiger charge is -2.07. The van der Waals surface area contributed by atoms with E-state index in [4.69, 9.17) is 9.84 Å². The molecule has 0 fully saturated rings. The highest BCUT2D eigenvalue weighted by molar-refractivity contribution is 7.14. The third-order valence-electron chi connectivity index (χ3n) is 2.37. The molecule has 0 radical (unpaired) electrons. The molecule has 19 heavy (non-hydrogen) atoms. The highest BCUT2D eigenvalue weighted by Gasteiger charge is 2.17. The fourth-order valence-corrected chi connectivity index (χ4v) is 2.25. The van der Waals surface area contributed by atoms with Gasteiger partial charge in [0.15, 0.2) is 0 Å². The van der Waals surface area contributed by atoms with Gasteiger partial charge in [0.25, 0.3) is 5.91 Å². The van der Waals surface area contributed by atoms with Crippen LogP contribution in [0.4, 0.5) is 5.00 Å². The van der Waals surface area contributed by atoms with Gasteiger partial charge < -0.3 is 15.2 Å². The Morgan fingerprint density at radius 1 is 1.37 bits per heavy atom. The number of rotatable bonds is 4. The van der Waals surface area contributed by atoms with E-state index in [0.717, 1.165) is 11.3 Å². The van der Waals surface area contributed by atoms with Crippen LogP contribution >= 0.6 is 11.3 Å². The second kappa shape index (κ2) is 5.49. The summed E-state index contributed by atoms with van der Waals surface area (Å²) in [6.07, 6.45) is 2.88. The number of thiophene rings is 1. The highest BCUT2D eigenvalue weighted by atomic mass is 32.1. The lowest BCUT2D eigenvalue weighted by atomic mass is 10.2. The number of methoxy groups -OCH3 is 1. The van der Waals surface area contributed by atoms with Gasteiger partial charge in [-0.15, -0.1) is 11.3 Å². The van der Waals surface area contributed by atoms with E-state index in [-0.39, 0.29) is 10.6 Å². The van der Waals surface area contributed by atoms with Crippen LogP contribution in [0.25, 0.3) is 0 Å². The van der Waals surface area contributed by atoms with Gasteiger partial charge in [-0.1, -0.05) is 0 Å². The van der Waals surface area contributed by atoms with Crippen molar-refractivity contribution in [2.75, 3.05) is 12.4 Å². The Labute approximate surface area is 112 Å². The number of ether oxygens (including phenoxy) is 1. The summed E-state index contributed by atoms with van der Waals surface area (Å²) in [6.45, 7) is 0. The number of nitrogens with one attached hydrogen (secondary N) is 1. The molecule has 0 bridgehead atoms. The second-order valence-electron chi connectivity index (χ2n) is 3.50. The van der Waals surface area contributed by atoms with Crippen molar-refractivity contribution in [2.45, 2.75) is 0 Å². The zero-order valence-corrected chi connectivity index (χ0v) is 10.7. The number of carbonyl (C=O) groups is 2. The van der Waals surface area contributed by atoms with Crippen LogP contribution in [0.3, 0.4) is 0 Å². The summed E-state index contributed by atoms with van der Waals surface area (Å²) in [7, 11) is 1.43. The van der Waals surface area contributed by atoms with Crippen LogP contribution in [0.1, 0.15) is 20.7 Å². The number of aromatic carboxylic acids is 1. The first kappa shape index (κ1) is 13.0. The molecular weight excluding hydrogens is 268 g/mol. The number of nitrogens with zero attached hydrogens (tertiary/aromatic N) is 1. The van der Waals surface area contributed by atoms with Crippen molar-refractivity contribution >= 4 is 28.2 Å². The normalized spacial score (nSPS) is 9.95. The molecule has 2 N–H and O–H groups in total. The maximum atomic E-state index is 12.1. The molecule has 2 aromatic rings. The Balaban J connectivity index is 2.26. The van der Waals surface area contributed by atoms with Crippen LogP contribution in [0.2, 0.25) is 0 Å². The number of anilines is 1. The highest BCUT2D eigenvalue weighted by Crippen LogP contribution is 2.25. The van der Waals surface area contributed by atoms with Crippen LogP contribution < -0.4 is 10.1 Å². The smallest absolute Gasteiger partial charge is 0.338 e. The molecule has 0 aliphatic rings. The minimum absolute atomic E-state index is 0.0615. The number of hydrogen-bond donors (Lipinski definition) is 2. The zero-order valence-electron chi connectivity index (χ0n) is 9.91. The molecular formula is C12H10N2O4S. The second-order valence-corrected chi connectivity index (χ2v) is 4.41. The van der Waals surface area contributed by atoms with Crippen molar-refractivity contribution in [3.05, 3.63) is 41.0 Å². The Morgan fingerprint density at radius 3 is 2.84 bits per heavy atom. The van der Waals surface area contributed by atoms with Gasteiger partial charge in [-0.3, -0.25) is 9.78 Å². The van der Waals surface area contributed by atoms with E-state index in [9.17, 15) is 9.59 Å². The molecule has 0 atom stereocenters. The topological polar surface area (TPSA) is 88.5 Å². The summed E-state index contributed by atoms with van der Waals surface area (Å²) in [5.41, 5.74) is 0.355. The fraction of sp³-hybridized carbons (Fsp3) is 0.0833. The van der Waals surface area contributed by atoms with Gasteiger partial charge in [0.05, 0.1) is 24.4 Å². The van der Waals surface area contributed by atoms with Gasteiger partial charge in [0.1, 0.15) is 10.8 Å². The number of amides is 1. The van der Waals surface area contributed by atoms with Gasteiger partial charge in [-0.25, -0.2) is 4.79 Å². The predicted octanol–water partition coefficient (Wildman–Crippen LogP) is 2.10. The number of pyridine rings is 1. The van der Waals surface area contributed by atoms with Crippen LogP contribution in [-0.2, 0) is 0 Å². The first-order valence-electron chi connectivity index (χ1n) is 5.23. The third kappa shape index (κ3) is 2.71. The number of carboxylic acids is 1. The quantitative estimate of drug-likeness (QED) is 0.894. The molecule has 2 aromatic heterocycles. The van der Waals surface area contributed by atoms with E-state index in [1.165, 1.54) is 31.6 Å². The number of hydrogen-bond acceptors (Lipinski definition) is 5. The maximum Gasteiger partial charge on any atom is 0.338 e. The summed E-state index contributed by atoms with van der Waals surface area (Å²) in [6, 6.07) is 2.94. The maximum absolute atomic E-state index is 12.1. The first-order chi connectivity index (χ1) is 9.13. The van der Waals surface area contributed by atoms with E-state index in [0.29, 0.717) is 11.3 Å². The Kier molecular flexibility index (Phi) is 3.76. The Morgan fingerprint density at radius 2 is 2.16 bits per heavy atom. The molecule has 0 saturated carbocycles. The van der Waals surface area contributed by atoms with Gasteiger partial charge in [-0.05, 0) is 17.5 Å². The minimum atomic E-state index is -1.08. The Bertz CT molecular complexity index is 624. The lowest BCUT2D eigenvalue weighted by Crippen LogP contribution is -2.14. The molecule has 1 amide bonds. The van der Waals surface area contributed by atoms with Crippen molar-refractivity contribution < 1.29 is 19.4 Å². The van der Waals surface area contributed by atoms with E-state index in [2.05, 4.69) is 10.3 Å². The third-order valence-corrected chi connectivity index (χ3v) is 3.20. The molecule has 0 unspecified atom stereocenters. The van der Waals surface area contributed by atoms with Gasteiger partial charge >= 0.3 is 5.97 Å². The van der Waals surface area contributed by atoms with Gasteiger partial charge in [0, 0.05) is 6.20 Å². The summed E-state index contributed by atoms with van der Waals surface area (Å²) in [4.78, 5) is 26.9. The molecule has 0 aliphatic heterocycles. The van der Waals surface area contributed by atoms with Crippen molar-refractivity contribution in [3.8, 4) is 5.75 Å². The number of carboxylic acid groups (broad SMARTS) is 1. The van der Waals surface area contributed by atoms with E-state index >= 15 is 0 Å². The molecule has 0 aliphatic carbocycles. The molecule has 2 rings (SSSR count). The fourth-order valence-electron chi connectivity index (χ4n) is 1.48. The monoisotopic (exact) mass is 278 g/mol. The van der Waals surface area contributed by atoms with Crippen molar-refractivity contribution in [3.63, 3.8) is 0 Å². The predicted molar refractivity (Wildman–Crippen MR) is 70.0 cm³/mol. The van der Waals surface area contributed by atoms with Crippen LogP contribution in [0.15, 0.2) is 29.9 Å². The minimum Gasteiger partial charge on any atom is -0.494 e. The molecule has 98 valence electrons. The molecule has 0 spiro atoms. The van der Waals surface area contributed by atoms with Crippen LogP contribution in [0.5, 0.6) is 5.75 Å². The average Bonchev–Trinajstić information content (AvgIpc) is 2.87. The summed E-state index contributed by atoms with van der Waals surface area (Å²) >= 11 is 1.15. The molecule has 6 nitrogen and oxygen atoms in total. The SMILES string of the molecule is COc1cnccc1C(=O)Nc1sccc1C(=O)O. The zero-order chi connectivity index (χ0) is 13.8. The van der Waals surface area contributed by atoms with E-state index in [1.54, 1.807) is 5.38 Å². The first-order valence-corrected chi connectivity index (χ1v) is 6.11. The van der Waals surface area contributed by atoms with Crippen molar-refractivity contribution in [2.24, 2.45) is 0 Å². The Hall–Kier alpha value is -2.41. The lowest BCUT2D eigenvalue weighted by molar-refractivity contribution is 0.0698. The van der Waals surface area contributed by atoms with E-state index < -0.39 is 11.9 Å². The van der Waals surface area contributed by atoms with Crippen LogP contribution in [-0.4, -0.2) is 29.1 Å². The van der Waals surface area contributed by atoms with Gasteiger partial charge in [0.2, 0.25) is 0 Å². The standard InChI is InChI=1S/C12H10N2O4S/c1-18-9-6-13-4-2-7(9)10(15)14-11-8(12(16)17)3-5-19-11/h2-6H,1H3,(H,14,15)(H,16,17). The average molecular weight is 278 g/mol. The van der Waals surface area contributed by atoms with E-state index in [1.807, 2.05) is 0 Å². The summed E-state index contributed by atoms with van der Waals surface area (Å²) < 4.78 is 5.03. The molecule has 0 saturated heterocycles. The summed E-state index contributed by atoms with van der Waals surface area (Å²) in [5, 5.41) is 13.4.